The molecular formula is C17H18N6O2. The van der Waals surface area contributed by atoms with Crippen molar-refractivity contribution in [3.8, 4) is 0 Å². The number of carbonyl (C=O) groups excluding carboxylic acids is 2. The Kier molecular flexibility index (Phi) is 4.60. The van der Waals surface area contributed by atoms with Crippen molar-refractivity contribution in [2.24, 2.45) is 0 Å². The van der Waals surface area contributed by atoms with E-state index in [1.807, 2.05) is 37.3 Å². The van der Waals surface area contributed by atoms with Crippen molar-refractivity contribution in [2.45, 2.75) is 19.9 Å². The van der Waals surface area contributed by atoms with Crippen LogP contribution in [0.4, 0.5) is 16.4 Å². The number of amides is 3. The van der Waals surface area contributed by atoms with Gasteiger partial charge in [0.05, 0.1) is 16.9 Å². The van der Waals surface area contributed by atoms with Gasteiger partial charge < -0.3 is 10.6 Å². The second kappa shape index (κ2) is 7.00. The Morgan fingerprint density at radius 1 is 1.16 bits per heavy atom. The average Bonchev–Trinajstić information content (AvgIpc) is 2.97. The highest BCUT2D eigenvalue weighted by Gasteiger charge is 2.12. The van der Waals surface area contributed by atoms with Gasteiger partial charge in [0.25, 0.3) is 0 Å². The summed E-state index contributed by atoms with van der Waals surface area (Å²) in [5.74, 6) is 0.567. The molecule has 0 unspecified atom stereocenters. The molecule has 3 rings (SSSR count). The molecule has 0 fully saturated rings. The minimum Gasteiger partial charge on any atom is -0.331 e. The molecule has 0 radical (unpaired) electrons. The van der Waals surface area contributed by atoms with Gasteiger partial charge in [0, 0.05) is 19.2 Å². The van der Waals surface area contributed by atoms with E-state index in [0.717, 1.165) is 5.56 Å². The molecule has 0 aliphatic heterocycles. The van der Waals surface area contributed by atoms with Crippen molar-refractivity contribution in [2.75, 3.05) is 10.6 Å². The summed E-state index contributed by atoms with van der Waals surface area (Å²) in [6, 6.07) is 10.8. The Hall–Kier alpha value is -3.42. The molecule has 0 bridgehead atoms. The number of nitrogens with zero attached hydrogens (tertiary/aromatic N) is 2. The van der Waals surface area contributed by atoms with Crippen molar-refractivity contribution >= 4 is 34.5 Å². The lowest BCUT2D eigenvalue weighted by Gasteiger charge is -2.14. The monoisotopic (exact) mass is 338 g/mol. The second-order valence-corrected chi connectivity index (χ2v) is 5.60. The Morgan fingerprint density at radius 3 is 2.64 bits per heavy atom. The zero-order valence-electron chi connectivity index (χ0n) is 13.8. The van der Waals surface area contributed by atoms with Crippen LogP contribution in [0.2, 0.25) is 0 Å². The van der Waals surface area contributed by atoms with E-state index in [0.29, 0.717) is 22.5 Å². The van der Waals surface area contributed by atoms with Gasteiger partial charge in [-0.05, 0) is 12.5 Å². The lowest BCUT2D eigenvalue weighted by Crippen LogP contribution is -2.31. The standard InChI is InChI=1S/C17H18N6O2/c1-10(12-6-4-3-5-7-12)19-17(25)21-15-8-14-13(9-18-15)16(23-22-14)20-11(2)24/h3-10H,1-2H3,(H2,18,19,21,25)(H2,20,22,23,24)/t10-/m1/s1. The quantitative estimate of drug-likeness (QED) is 0.586. The third kappa shape index (κ3) is 3.92. The van der Waals surface area contributed by atoms with Crippen LogP contribution in [0.15, 0.2) is 42.6 Å². The molecule has 8 nitrogen and oxygen atoms in total. The number of anilines is 2. The molecule has 0 aliphatic rings. The SMILES string of the molecule is CC(=O)Nc1n[nH]c2cc(NC(=O)N[C@H](C)c3ccccc3)ncc12. The van der Waals surface area contributed by atoms with Crippen molar-refractivity contribution in [3.63, 3.8) is 0 Å². The number of aromatic nitrogens is 3. The van der Waals surface area contributed by atoms with E-state index in [1.165, 1.54) is 6.92 Å². The molecule has 1 atom stereocenters. The number of fused-ring (bicyclic) bond motifs is 1. The van der Waals surface area contributed by atoms with Crippen LogP contribution in [0.25, 0.3) is 10.9 Å². The molecule has 128 valence electrons. The normalized spacial score (nSPS) is 11.8. The van der Waals surface area contributed by atoms with Gasteiger partial charge in [-0.15, -0.1) is 0 Å². The van der Waals surface area contributed by atoms with E-state index < -0.39 is 0 Å². The molecule has 2 aromatic heterocycles. The first-order chi connectivity index (χ1) is 12.0. The second-order valence-electron chi connectivity index (χ2n) is 5.60. The Bertz CT molecular complexity index is 906. The highest BCUT2D eigenvalue weighted by molar-refractivity contribution is 5.99. The Labute approximate surface area is 144 Å². The van der Waals surface area contributed by atoms with Gasteiger partial charge in [0.2, 0.25) is 5.91 Å². The molecule has 3 aromatic rings. The zero-order valence-corrected chi connectivity index (χ0v) is 13.8. The van der Waals surface area contributed by atoms with E-state index in [-0.39, 0.29) is 18.0 Å². The topological polar surface area (TPSA) is 112 Å². The van der Waals surface area contributed by atoms with Crippen molar-refractivity contribution in [1.82, 2.24) is 20.5 Å². The summed E-state index contributed by atoms with van der Waals surface area (Å²) in [4.78, 5) is 27.5. The third-order valence-electron chi connectivity index (χ3n) is 3.63. The minimum absolute atomic E-state index is 0.136. The molecule has 4 N–H and O–H groups in total. The number of rotatable bonds is 4. The number of hydrogen-bond donors (Lipinski definition) is 4. The lowest BCUT2D eigenvalue weighted by atomic mass is 10.1. The number of benzene rings is 1. The summed E-state index contributed by atoms with van der Waals surface area (Å²) < 4.78 is 0. The van der Waals surface area contributed by atoms with Gasteiger partial charge in [-0.1, -0.05) is 30.3 Å². The number of pyridine rings is 1. The summed E-state index contributed by atoms with van der Waals surface area (Å²) in [6.07, 6.45) is 1.54. The van der Waals surface area contributed by atoms with Gasteiger partial charge in [-0.25, -0.2) is 9.78 Å². The van der Waals surface area contributed by atoms with Crippen LogP contribution in [-0.4, -0.2) is 27.1 Å². The fourth-order valence-corrected chi connectivity index (χ4v) is 2.42. The largest absolute Gasteiger partial charge is 0.331 e. The van der Waals surface area contributed by atoms with Crippen molar-refractivity contribution < 1.29 is 9.59 Å². The predicted octanol–water partition coefficient (Wildman–Crippen LogP) is 2.80. The van der Waals surface area contributed by atoms with Crippen LogP contribution >= 0.6 is 0 Å². The summed E-state index contributed by atoms with van der Waals surface area (Å²) >= 11 is 0. The first-order valence-corrected chi connectivity index (χ1v) is 7.77. The molecule has 1 aromatic carbocycles. The molecule has 0 aliphatic carbocycles. The average molecular weight is 338 g/mol. The number of urea groups is 1. The summed E-state index contributed by atoms with van der Waals surface area (Å²) in [7, 11) is 0. The van der Waals surface area contributed by atoms with Gasteiger partial charge in [-0.2, -0.15) is 5.10 Å². The van der Waals surface area contributed by atoms with Crippen LogP contribution in [-0.2, 0) is 4.79 Å². The molecular weight excluding hydrogens is 320 g/mol. The zero-order chi connectivity index (χ0) is 17.8. The molecule has 8 heteroatoms. The molecule has 2 heterocycles. The molecule has 0 saturated heterocycles. The highest BCUT2D eigenvalue weighted by Crippen LogP contribution is 2.21. The molecule has 25 heavy (non-hydrogen) atoms. The van der Waals surface area contributed by atoms with Crippen molar-refractivity contribution in [1.29, 1.82) is 0 Å². The summed E-state index contributed by atoms with van der Waals surface area (Å²) in [6.45, 7) is 3.31. The number of H-pyrrole nitrogens is 1. The van der Waals surface area contributed by atoms with E-state index >= 15 is 0 Å². The number of hydrogen-bond acceptors (Lipinski definition) is 4. The maximum atomic E-state index is 12.1. The lowest BCUT2D eigenvalue weighted by molar-refractivity contribution is -0.114. The fraction of sp³-hybridized carbons (Fsp3) is 0.176. The number of nitrogens with one attached hydrogen (secondary N) is 4. The van der Waals surface area contributed by atoms with Gasteiger partial charge in [0.15, 0.2) is 5.82 Å². The van der Waals surface area contributed by atoms with Crippen LogP contribution in [0, 0.1) is 0 Å². The van der Waals surface area contributed by atoms with Crippen molar-refractivity contribution in [3.05, 3.63) is 48.2 Å². The number of aromatic amines is 1. The van der Waals surface area contributed by atoms with Gasteiger partial charge >= 0.3 is 6.03 Å². The van der Waals surface area contributed by atoms with Gasteiger partial charge in [0.1, 0.15) is 5.82 Å². The van der Waals surface area contributed by atoms with E-state index in [4.69, 9.17) is 0 Å². The van der Waals surface area contributed by atoms with Crippen LogP contribution in [0.5, 0.6) is 0 Å². The number of carbonyl (C=O) groups is 2. The Balaban J connectivity index is 1.68. The van der Waals surface area contributed by atoms with Crippen LogP contribution < -0.4 is 16.0 Å². The molecule has 0 spiro atoms. The first kappa shape index (κ1) is 16.4. The van der Waals surface area contributed by atoms with E-state index in [1.54, 1.807) is 12.3 Å². The first-order valence-electron chi connectivity index (χ1n) is 7.77. The third-order valence-corrected chi connectivity index (χ3v) is 3.63. The summed E-state index contributed by atoms with van der Waals surface area (Å²) in [5, 5.41) is 15.6. The minimum atomic E-state index is -0.357. The highest BCUT2D eigenvalue weighted by atomic mass is 16.2. The fourth-order valence-electron chi connectivity index (χ4n) is 2.42. The summed E-state index contributed by atoms with van der Waals surface area (Å²) in [5.41, 5.74) is 1.67. The predicted molar refractivity (Wildman–Crippen MR) is 95.2 cm³/mol. The maximum Gasteiger partial charge on any atom is 0.320 e. The molecule has 3 amide bonds. The van der Waals surface area contributed by atoms with Crippen LogP contribution in [0.1, 0.15) is 25.5 Å². The van der Waals surface area contributed by atoms with E-state index in [2.05, 4.69) is 31.1 Å². The van der Waals surface area contributed by atoms with Crippen LogP contribution in [0.3, 0.4) is 0 Å². The maximum absolute atomic E-state index is 12.1. The Morgan fingerprint density at radius 2 is 1.92 bits per heavy atom. The van der Waals surface area contributed by atoms with Gasteiger partial charge in [-0.3, -0.25) is 15.2 Å². The smallest absolute Gasteiger partial charge is 0.320 e. The van der Waals surface area contributed by atoms with E-state index in [9.17, 15) is 9.59 Å². The molecule has 0 saturated carbocycles.